The fourth-order valence-corrected chi connectivity index (χ4v) is 3.84. The molecule has 0 bridgehead atoms. The van der Waals surface area contributed by atoms with Gasteiger partial charge in [0.1, 0.15) is 0 Å². The Hall–Kier alpha value is -1.28. The Morgan fingerprint density at radius 3 is 2.10 bits per heavy atom. The summed E-state index contributed by atoms with van der Waals surface area (Å²) in [5.74, 6) is 0.731. The predicted molar refractivity (Wildman–Crippen MR) is 85.1 cm³/mol. The summed E-state index contributed by atoms with van der Waals surface area (Å²) in [5, 5.41) is 0.680. The summed E-state index contributed by atoms with van der Waals surface area (Å²) < 4.78 is 0. The molecule has 2 rings (SSSR count). The molecule has 0 saturated carbocycles. The van der Waals surface area contributed by atoms with Crippen molar-refractivity contribution in [2.24, 2.45) is 11.8 Å². The van der Waals surface area contributed by atoms with Crippen LogP contribution in [0.4, 0.5) is 5.69 Å². The van der Waals surface area contributed by atoms with Crippen LogP contribution in [0.15, 0.2) is 36.4 Å². The van der Waals surface area contributed by atoms with Crippen LogP contribution >= 0.6 is 11.6 Å². The standard InChI is InChI=1S/C17H22ClNO/c1-11(2)17(12(3)4)13(5)10-16(20)19(17)15-8-6-14(18)7-9-15/h6-9,11-12H,5,10H2,1-4H3. The van der Waals surface area contributed by atoms with Crippen LogP contribution in [0.3, 0.4) is 0 Å². The Morgan fingerprint density at radius 2 is 1.65 bits per heavy atom. The lowest BCUT2D eigenvalue weighted by Gasteiger charge is -2.46. The number of amides is 1. The van der Waals surface area contributed by atoms with Crippen molar-refractivity contribution in [3.05, 3.63) is 41.4 Å². The zero-order valence-electron chi connectivity index (χ0n) is 12.6. The molecule has 20 heavy (non-hydrogen) atoms. The number of carbonyl (C=O) groups is 1. The summed E-state index contributed by atoms with van der Waals surface area (Å²) in [5.41, 5.74) is 1.60. The lowest BCUT2D eigenvalue weighted by atomic mass is 9.72. The molecule has 0 aliphatic carbocycles. The van der Waals surface area contributed by atoms with Gasteiger partial charge in [-0.05, 0) is 41.7 Å². The molecule has 0 unspecified atom stereocenters. The molecule has 0 N–H and O–H groups in total. The van der Waals surface area contributed by atoms with E-state index in [0.717, 1.165) is 11.3 Å². The fourth-order valence-electron chi connectivity index (χ4n) is 3.71. The molecule has 1 aromatic carbocycles. The van der Waals surface area contributed by atoms with Crippen LogP contribution in [-0.4, -0.2) is 11.4 Å². The molecule has 0 aromatic heterocycles. The van der Waals surface area contributed by atoms with Crippen LogP contribution in [0.2, 0.25) is 5.02 Å². The van der Waals surface area contributed by atoms with E-state index < -0.39 is 0 Å². The van der Waals surface area contributed by atoms with Gasteiger partial charge in [0, 0.05) is 10.7 Å². The molecule has 3 heteroatoms. The summed E-state index contributed by atoms with van der Waals surface area (Å²) >= 11 is 5.96. The van der Waals surface area contributed by atoms with Gasteiger partial charge < -0.3 is 4.90 Å². The Bertz CT molecular complexity index is 522. The summed E-state index contributed by atoms with van der Waals surface area (Å²) in [6.07, 6.45) is 0.430. The van der Waals surface area contributed by atoms with Crippen molar-refractivity contribution in [1.29, 1.82) is 0 Å². The molecule has 1 aliphatic rings. The van der Waals surface area contributed by atoms with Gasteiger partial charge in [-0.3, -0.25) is 4.79 Å². The molecular weight excluding hydrogens is 270 g/mol. The molecule has 0 spiro atoms. The third-order valence-electron chi connectivity index (χ3n) is 4.40. The van der Waals surface area contributed by atoms with Crippen LogP contribution in [0.25, 0.3) is 0 Å². The monoisotopic (exact) mass is 291 g/mol. The van der Waals surface area contributed by atoms with Crippen molar-refractivity contribution in [2.45, 2.75) is 39.7 Å². The van der Waals surface area contributed by atoms with E-state index in [-0.39, 0.29) is 11.4 Å². The van der Waals surface area contributed by atoms with E-state index in [1.807, 2.05) is 29.2 Å². The highest BCUT2D eigenvalue weighted by Crippen LogP contribution is 2.47. The molecule has 2 nitrogen and oxygen atoms in total. The van der Waals surface area contributed by atoms with Gasteiger partial charge in [0.15, 0.2) is 0 Å². The van der Waals surface area contributed by atoms with Gasteiger partial charge in [-0.2, -0.15) is 0 Å². The highest BCUT2D eigenvalue weighted by Gasteiger charge is 2.52. The van der Waals surface area contributed by atoms with E-state index >= 15 is 0 Å². The third-order valence-corrected chi connectivity index (χ3v) is 4.65. The molecule has 1 fully saturated rings. The van der Waals surface area contributed by atoms with E-state index in [1.165, 1.54) is 0 Å². The molecular formula is C17H22ClNO. The molecule has 1 aliphatic heterocycles. The second-order valence-electron chi connectivity index (χ2n) is 6.12. The van der Waals surface area contributed by atoms with E-state index in [1.54, 1.807) is 0 Å². The van der Waals surface area contributed by atoms with Crippen LogP contribution in [0.5, 0.6) is 0 Å². The van der Waals surface area contributed by atoms with Crippen molar-refractivity contribution in [3.8, 4) is 0 Å². The predicted octanol–water partition coefficient (Wildman–Crippen LogP) is 4.68. The quantitative estimate of drug-likeness (QED) is 0.740. The maximum Gasteiger partial charge on any atom is 0.231 e. The molecule has 108 valence electrons. The zero-order valence-corrected chi connectivity index (χ0v) is 13.4. The number of benzene rings is 1. The Balaban J connectivity index is 2.60. The second-order valence-corrected chi connectivity index (χ2v) is 6.56. The first kappa shape index (κ1) is 15.1. The van der Waals surface area contributed by atoms with E-state index in [4.69, 9.17) is 11.6 Å². The van der Waals surface area contributed by atoms with Crippen molar-refractivity contribution in [1.82, 2.24) is 0 Å². The van der Waals surface area contributed by atoms with Gasteiger partial charge in [-0.25, -0.2) is 0 Å². The molecule has 0 atom stereocenters. The van der Waals surface area contributed by atoms with Crippen LogP contribution in [-0.2, 0) is 4.79 Å². The van der Waals surface area contributed by atoms with Gasteiger partial charge in [0.25, 0.3) is 0 Å². The summed E-state index contributed by atoms with van der Waals surface area (Å²) in [7, 11) is 0. The lowest BCUT2D eigenvalue weighted by Crippen LogP contribution is -2.54. The lowest BCUT2D eigenvalue weighted by molar-refractivity contribution is -0.117. The molecule has 1 aromatic rings. The number of halogens is 1. The van der Waals surface area contributed by atoms with Crippen LogP contribution in [0.1, 0.15) is 34.1 Å². The van der Waals surface area contributed by atoms with Gasteiger partial charge in [0.2, 0.25) is 5.91 Å². The summed E-state index contributed by atoms with van der Waals surface area (Å²) in [6.45, 7) is 12.8. The van der Waals surface area contributed by atoms with E-state index in [2.05, 4.69) is 34.3 Å². The highest BCUT2D eigenvalue weighted by atomic mass is 35.5. The number of carbonyl (C=O) groups excluding carboxylic acids is 1. The fraction of sp³-hybridized carbons (Fsp3) is 0.471. The first-order chi connectivity index (χ1) is 9.31. The van der Waals surface area contributed by atoms with Gasteiger partial charge in [0.05, 0.1) is 12.0 Å². The average molecular weight is 292 g/mol. The average Bonchev–Trinajstić information content (AvgIpc) is 2.62. The maximum absolute atomic E-state index is 12.5. The summed E-state index contributed by atoms with van der Waals surface area (Å²) in [6, 6.07) is 7.49. The van der Waals surface area contributed by atoms with Crippen LogP contribution < -0.4 is 4.90 Å². The van der Waals surface area contributed by atoms with Gasteiger partial charge in [-0.15, -0.1) is 0 Å². The first-order valence-corrected chi connectivity index (χ1v) is 7.46. The molecule has 1 saturated heterocycles. The van der Waals surface area contributed by atoms with Gasteiger partial charge >= 0.3 is 0 Å². The second kappa shape index (κ2) is 5.25. The normalized spacial score (nSPS) is 18.4. The minimum Gasteiger partial charge on any atom is -0.302 e. The smallest absolute Gasteiger partial charge is 0.231 e. The van der Waals surface area contributed by atoms with Crippen molar-refractivity contribution < 1.29 is 4.79 Å². The third kappa shape index (κ3) is 2.07. The Labute approximate surface area is 126 Å². The van der Waals surface area contributed by atoms with E-state index in [0.29, 0.717) is 23.3 Å². The van der Waals surface area contributed by atoms with Gasteiger partial charge in [-0.1, -0.05) is 45.9 Å². The number of hydrogen-bond acceptors (Lipinski definition) is 1. The summed E-state index contributed by atoms with van der Waals surface area (Å²) in [4.78, 5) is 14.5. The number of anilines is 1. The highest BCUT2D eigenvalue weighted by molar-refractivity contribution is 6.30. The topological polar surface area (TPSA) is 20.3 Å². The number of nitrogens with zero attached hydrogens (tertiary/aromatic N) is 1. The zero-order chi connectivity index (χ0) is 15.1. The van der Waals surface area contributed by atoms with Crippen LogP contribution in [0, 0.1) is 11.8 Å². The SMILES string of the molecule is C=C1CC(=O)N(c2ccc(Cl)cc2)C1(C(C)C)C(C)C. The molecule has 1 heterocycles. The Kier molecular flexibility index (Phi) is 3.97. The number of hydrogen-bond donors (Lipinski definition) is 0. The minimum absolute atomic E-state index is 0.125. The van der Waals surface area contributed by atoms with E-state index in [9.17, 15) is 4.79 Å². The molecule has 1 amide bonds. The maximum atomic E-state index is 12.5. The van der Waals surface area contributed by atoms with Crippen molar-refractivity contribution >= 4 is 23.2 Å². The first-order valence-electron chi connectivity index (χ1n) is 7.08. The minimum atomic E-state index is -0.315. The molecule has 0 radical (unpaired) electrons. The number of rotatable bonds is 3. The van der Waals surface area contributed by atoms with Crippen molar-refractivity contribution in [2.75, 3.05) is 4.90 Å². The Morgan fingerprint density at radius 1 is 1.15 bits per heavy atom. The van der Waals surface area contributed by atoms with Crippen molar-refractivity contribution in [3.63, 3.8) is 0 Å². The largest absolute Gasteiger partial charge is 0.302 e.